The lowest BCUT2D eigenvalue weighted by Crippen LogP contribution is -2.45. The van der Waals surface area contributed by atoms with Crippen molar-refractivity contribution in [3.63, 3.8) is 0 Å². The van der Waals surface area contributed by atoms with Crippen molar-refractivity contribution < 1.29 is 15.0 Å². The van der Waals surface area contributed by atoms with Crippen LogP contribution in [0, 0.1) is 0 Å². The molecule has 0 saturated heterocycles. The summed E-state index contributed by atoms with van der Waals surface area (Å²) < 4.78 is 0. The van der Waals surface area contributed by atoms with Crippen LogP contribution in [0.5, 0.6) is 0 Å². The summed E-state index contributed by atoms with van der Waals surface area (Å²) in [5.74, 6) is -0.0925. The Bertz CT molecular complexity index is 1350. The number of hydrogen-bond acceptors (Lipinski definition) is 3. The summed E-state index contributed by atoms with van der Waals surface area (Å²) in [6, 6.07) is -0.658. The Kier molecular flexibility index (Phi) is 49.5. The van der Waals surface area contributed by atoms with Gasteiger partial charge in [-0.2, -0.15) is 0 Å². The monoisotopic (exact) mass is 866 g/mol. The van der Waals surface area contributed by atoms with Gasteiger partial charge in [-0.05, 0) is 116 Å². The minimum absolute atomic E-state index is 0.0925. The highest BCUT2D eigenvalue weighted by molar-refractivity contribution is 5.76. The Morgan fingerprint density at radius 3 is 1.11 bits per heavy atom. The fourth-order valence-electron chi connectivity index (χ4n) is 6.67. The van der Waals surface area contributed by atoms with Gasteiger partial charge in [0.15, 0.2) is 0 Å². The molecule has 0 aliphatic carbocycles. The van der Waals surface area contributed by atoms with E-state index in [4.69, 9.17) is 0 Å². The van der Waals surface area contributed by atoms with Gasteiger partial charge in [-0.25, -0.2) is 0 Å². The lowest BCUT2D eigenvalue weighted by Gasteiger charge is -2.19. The lowest BCUT2D eigenvalue weighted by molar-refractivity contribution is -0.123. The van der Waals surface area contributed by atoms with E-state index in [0.29, 0.717) is 6.42 Å². The first kappa shape index (κ1) is 59.3. The van der Waals surface area contributed by atoms with Gasteiger partial charge in [-0.1, -0.05) is 224 Å². The number of unbranched alkanes of at least 4 members (excludes halogenated alkanes) is 15. The average molecular weight is 866 g/mol. The molecule has 1 amide bonds. The molecule has 0 aliphatic heterocycles. The van der Waals surface area contributed by atoms with Crippen molar-refractivity contribution in [3.05, 3.63) is 146 Å². The van der Waals surface area contributed by atoms with E-state index >= 15 is 0 Å². The molecule has 2 atom stereocenters. The molecule has 0 aromatic heterocycles. The van der Waals surface area contributed by atoms with Gasteiger partial charge in [0.1, 0.15) is 0 Å². The molecule has 3 N–H and O–H groups in total. The number of carbonyl (C=O) groups is 1. The molecule has 0 radical (unpaired) electrons. The molecule has 0 spiro atoms. The molecule has 0 heterocycles. The van der Waals surface area contributed by atoms with E-state index < -0.39 is 12.1 Å². The zero-order valence-corrected chi connectivity index (χ0v) is 40.5. The van der Waals surface area contributed by atoms with Crippen LogP contribution in [0.2, 0.25) is 0 Å². The Morgan fingerprint density at radius 1 is 0.397 bits per heavy atom. The summed E-state index contributed by atoms with van der Waals surface area (Å²) in [5, 5.41) is 23.0. The third-order valence-corrected chi connectivity index (χ3v) is 10.5. The van der Waals surface area contributed by atoms with Crippen molar-refractivity contribution in [1.29, 1.82) is 0 Å². The van der Waals surface area contributed by atoms with Crippen molar-refractivity contribution in [3.8, 4) is 0 Å². The Labute approximate surface area is 389 Å². The molecule has 354 valence electrons. The second-order valence-corrected chi connectivity index (χ2v) is 16.5. The number of amides is 1. The molecular weight excluding hydrogens is 771 g/mol. The van der Waals surface area contributed by atoms with Gasteiger partial charge in [-0.3, -0.25) is 4.79 Å². The second kappa shape index (κ2) is 52.6. The van der Waals surface area contributed by atoms with Crippen LogP contribution in [0.4, 0.5) is 0 Å². The second-order valence-electron chi connectivity index (χ2n) is 16.5. The highest BCUT2D eigenvalue weighted by atomic mass is 16.3. The van der Waals surface area contributed by atoms with E-state index in [1.807, 2.05) is 6.08 Å². The third-order valence-electron chi connectivity index (χ3n) is 10.5. The van der Waals surface area contributed by atoms with Crippen molar-refractivity contribution in [2.24, 2.45) is 0 Å². The molecule has 2 unspecified atom stereocenters. The minimum atomic E-state index is -0.882. The predicted octanol–water partition coefficient (Wildman–Crippen LogP) is 16.9. The van der Waals surface area contributed by atoms with Crippen LogP contribution >= 0.6 is 0 Å². The third kappa shape index (κ3) is 49.1. The summed E-state index contributed by atoms with van der Waals surface area (Å²) in [6.45, 7) is 4.13. The quantitative estimate of drug-likeness (QED) is 0.0422. The summed E-state index contributed by atoms with van der Waals surface area (Å²) in [6.07, 6.45) is 84.0. The molecule has 0 fully saturated rings. The van der Waals surface area contributed by atoms with Crippen molar-refractivity contribution >= 4 is 5.91 Å². The fourth-order valence-corrected chi connectivity index (χ4v) is 6.67. The first-order chi connectivity index (χ1) is 31.2. The molecule has 0 rings (SSSR count). The maximum atomic E-state index is 12.4. The molecule has 0 aliphatic rings. The molecule has 4 nitrogen and oxygen atoms in total. The number of aliphatic hydroxyl groups is 2. The molecule has 4 heteroatoms. The van der Waals surface area contributed by atoms with Crippen LogP contribution in [0.1, 0.15) is 200 Å². The molecule has 0 bridgehead atoms. The Morgan fingerprint density at radius 2 is 0.714 bits per heavy atom. The molecular formula is C59H95NO3. The molecule has 0 aromatic carbocycles. The zero-order valence-electron chi connectivity index (χ0n) is 40.5. The number of hydrogen-bond donors (Lipinski definition) is 3. The summed E-state index contributed by atoms with van der Waals surface area (Å²) in [7, 11) is 0. The van der Waals surface area contributed by atoms with Gasteiger partial charge in [0.2, 0.25) is 5.91 Å². The van der Waals surface area contributed by atoms with Crippen molar-refractivity contribution in [2.45, 2.75) is 212 Å². The van der Waals surface area contributed by atoms with E-state index in [9.17, 15) is 15.0 Å². The minimum Gasteiger partial charge on any atom is -0.394 e. The summed E-state index contributed by atoms with van der Waals surface area (Å²) in [5.41, 5.74) is 0. The largest absolute Gasteiger partial charge is 0.394 e. The van der Waals surface area contributed by atoms with Gasteiger partial charge >= 0.3 is 0 Å². The summed E-state index contributed by atoms with van der Waals surface area (Å²) >= 11 is 0. The number of aliphatic hydroxyl groups excluding tert-OH is 2. The van der Waals surface area contributed by atoms with E-state index in [0.717, 1.165) is 103 Å². The number of carbonyl (C=O) groups excluding carboxylic acids is 1. The Balaban J connectivity index is 3.67. The van der Waals surface area contributed by atoms with E-state index in [-0.39, 0.29) is 12.5 Å². The van der Waals surface area contributed by atoms with Gasteiger partial charge < -0.3 is 15.5 Å². The van der Waals surface area contributed by atoms with Crippen LogP contribution in [-0.4, -0.2) is 34.9 Å². The van der Waals surface area contributed by atoms with Crippen LogP contribution in [0.15, 0.2) is 146 Å². The first-order valence-electron chi connectivity index (χ1n) is 25.5. The van der Waals surface area contributed by atoms with Gasteiger partial charge in [0, 0.05) is 6.42 Å². The van der Waals surface area contributed by atoms with Gasteiger partial charge in [-0.15, -0.1) is 0 Å². The maximum Gasteiger partial charge on any atom is 0.220 e. The normalized spacial score (nSPS) is 14.2. The van der Waals surface area contributed by atoms with Crippen LogP contribution in [0.3, 0.4) is 0 Å². The first-order valence-corrected chi connectivity index (χ1v) is 25.5. The zero-order chi connectivity index (χ0) is 45.6. The van der Waals surface area contributed by atoms with Gasteiger partial charge in [0.25, 0.3) is 0 Å². The molecule has 0 saturated carbocycles. The number of nitrogens with one attached hydrogen (secondary N) is 1. The predicted molar refractivity (Wildman–Crippen MR) is 280 cm³/mol. The van der Waals surface area contributed by atoms with Crippen LogP contribution < -0.4 is 5.32 Å². The van der Waals surface area contributed by atoms with Crippen LogP contribution in [0.25, 0.3) is 0 Å². The fraction of sp³-hybridized carbons (Fsp3) is 0.576. The lowest BCUT2D eigenvalue weighted by atomic mass is 10.1. The smallest absolute Gasteiger partial charge is 0.220 e. The standard InChI is InChI=1S/C59H95NO3/c1-3-5-7-9-11-13-15-17-19-20-21-22-23-24-25-26-27-28-29-30-31-32-33-34-35-36-37-38-39-40-41-43-45-47-49-51-53-55-59(63)60-57(56-61)58(62)54-52-50-48-46-44-42-18-16-14-12-10-8-6-4-2/h5,7,11,13-14,16-17,19,21-22,24-25,27-28,30-31,33-34,36-37,44,46,52,54,57-58,61-62H,3-4,6,8-10,12,15,18,20,23,26,29,32,35,38-43,45,47-51,53,55-56H2,1-2H3,(H,60,63)/b7-5-,13-11-,16-14+,19-17-,22-21-,25-24-,28-27-,31-30-,34-33-,37-36-,46-44+,54-52+. The maximum absolute atomic E-state index is 12.4. The highest BCUT2D eigenvalue weighted by Crippen LogP contribution is 2.12. The van der Waals surface area contributed by atoms with E-state index in [1.54, 1.807) is 6.08 Å². The highest BCUT2D eigenvalue weighted by Gasteiger charge is 2.17. The van der Waals surface area contributed by atoms with E-state index in [1.165, 1.54) is 77.0 Å². The van der Waals surface area contributed by atoms with Crippen LogP contribution in [-0.2, 0) is 4.79 Å². The van der Waals surface area contributed by atoms with Crippen molar-refractivity contribution in [2.75, 3.05) is 6.61 Å². The SMILES string of the molecule is CC/C=C\C/C=C\C/C=C\C/C=C\C/C=C\C/C=C\C/C=C\C/C=C\C/C=C\CCCCCCCCCCCC(=O)NC(CO)C(O)/C=C/CC/C=C/CC/C=C/CCCCCC. The van der Waals surface area contributed by atoms with Crippen molar-refractivity contribution in [1.82, 2.24) is 5.32 Å². The molecule has 63 heavy (non-hydrogen) atoms. The number of allylic oxidation sites excluding steroid dienone is 23. The Hall–Kier alpha value is -3.73. The summed E-state index contributed by atoms with van der Waals surface area (Å²) in [4.78, 5) is 12.4. The topological polar surface area (TPSA) is 69.6 Å². The molecule has 0 aromatic rings. The number of rotatable bonds is 44. The average Bonchev–Trinajstić information content (AvgIpc) is 3.29. The van der Waals surface area contributed by atoms with Gasteiger partial charge in [0.05, 0.1) is 18.8 Å². The van der Waals surface area contributed by atoms with E-state index in [2.05, 4.69) is 153 Å².